The molecule has 16 heavy (non-hydrogen) atoms. The van der Waals surface area contributed by atoms with Crippen molar-refractivity contribution in [3.05, 3.63) is 18.8 Å². The molecule has 0 fully saturated rings. The van der Waals surface area contributed by atoms with Crippen molar-refractivity contribution >= 4 is 59.7 Å². The van der Waals surface area contributed by atoms with Crippen LogP contribution < -0.4 is 10.0 Å². The van der Waals surface area contributed by atoms with Gasteiger partial charge in [0.1, 0.15) is 5.82 Å². The van der Waals surface area contributed by atoms with Crippen LogP contribution in [-0.4, -0.2) is 6.10 Å². The van der Waals surface area contributed by atoms with Gasteiger partial charge in [-0.25, -0.2) is 8.78 Å². The summed E-state index contributed by atoms with van der Waals surface area (Å²) in [5.41, 5.74) is 0. The third kappa shape index (κ3) is 2.96. The summed E-state index contributed by atoms with van der Waals surface area (Å²) in [4.78, 5) is 0. The largest absolute Gasteiger partial charge is 0.486 e. The second kappa shape index (κ2) is 6.09. The van der Waals surface area contributed by atoms with E-state index in [9.17, 15) is 8.78 Å². The van der Waals surface area contributed by atoms with E-state index in [1.54, 1.807) is 45.2 Å². The van der Waals surface area contributed by atoms with Gasteiger partial charge in [0.05, 0.1) is 13.2 Å². The number of rotatable bonds is 3. The van der Waals surface area contributed by atoms with Crippen LogP contribution in [-0.2, 0) is 0 Å². The minimum atomic E-state index is -0.489. The summed E-state index contributed by atoms with van der Waals surface area (Å²) >= 11 is 3.54. The van der Waals surface area contributed by atoms with Crippen LogP contribution in [0.15, 0.2) is 0 Å². The Morgan fingerprint density at radius 2 is 1.81 bits per heavy atom. The van der Waals surface area contributed by atoms with Gasteiger partial charge in [0, 0.05) is 5.30 Å². The van der Waals surface area contributed by atoms with E-state index >= 15 is 0 Å². The van der Waals surface area contributed by atoms with Crippen LogP contribution in [0.2, 0.25) is 0 Å². The Morgan fingerprint density at radius 1 is 1.25 bits per heavy atom. The zero-order valence-electron chi connectivity index (χ0n) is 8.78. The highest BCUT2D eigenvalue weighted by molar-refractivity contribution is 14.1. The summed E-state index contributed by atoms with van der Waals surface area (Å²) in [7, 11) is 2.21. The molecule has 6 heteroatoms. The van der Waals surface area contributed by atoms with Crippen LogP contribution in [0.4, 0.5) is 8.78 Å². The lowest BCUT2D eigenvalue weighted by Gasteiger charge is -2.17. The number of hydrogen-bond donors (Lipinski definition) is 0. The zero-order chi connectivity index (χ0) is 12.5. The predicted molar refractivity (Wildman–Crippen MR) is 81.5 cm³/mol. The first-order chi connectivity index (χ1) is 7.40. The van der Waals surface area contributed by atoms with Gasteiger partial charge >= 0.3 is 0 Å². The number of ether oxygens (including phenoxy) is 1. The van der Waals surface area contributed by atoms with Crippen molar-refractivity contribution in [2.45, 2.75) is 26.4 Å². The smallest absolute Gasteiger partial charge is 0.180 e. The van der Waals surface area contributed by atoms with E-state index in [1.807, 2.05) is 13.8 Å². The monoisotopic (exact) mass is 470 g/mol. The average Bonchev–Trinajstić information content (AvgIpc) is 2.29. The molecule has 0 heterocycles. The van der Waals surface area contributed by atoms with E-state index in [0.29, 0.717) is 0 Å². The van der Waals surface area contributed by atoms with Crippen molar-refractivity contribution in [3.8, 4) is 5.75 Å². The van der Waals surface area contributed by atoms with E-state index in [4.69, 9.17) is 4.74 Å². The maximum Gasteiger partial charge on any atom is 0.180 e. The number of hydrogen-bond acceptors (Lipinski definition) is 1. The molecule has 0 aromatic heterocycles. The van der Waals surface area contributed by atoms with Gasteiger partial charge in [0.15, 0.2) is 11.6 Å². The van der Waals surface area contributed by atoms with Crippen LogP contribution in [0.5, 0.6) is 5.75 Å². The van der Waals surface area contributed by atoms with Gasteiger partial charge in [-0.3, -0.25) is 0 Å². The van der Waals surface area contributed by atoms with Crippen molar-refractivity contribution in [2.75, 3.05) is 0 Å². The summed E-state index contributed by atoms with van der Waals surface area (Å²) in [6, 6.07) is 0. The molecule has 0 saturated heterocycles. The maximum absolute atomic E-state index is 13.9. The van der Waals surface area contributed by atoms with Gasteiger partial charge in [-0.1, -0.05) is 6.92 Å². The van der Waals surface area contributed by atoms with E-state index in [1.165, 1.54) is 0 Å². The second-order valence-electron chi connectivity index (χ2n) is 3.34. The molecule has 1 rings (SSSR count). The van der Waals surface area contributed by atoms with Gasteiger partial charge in [0.25, 0.3) is 0 Å². The highest BCUT2D eigenvalue weighted by Crippen LogP contribution is 2.31. The van der Waals surface area contributed by atoms with Gasteiger partial charge in [0.2, 0.25) is 0 Å². The van der Waals surface area contributed by atoms with Crippen LogP contribution in [0.1, 0.15) is 20.3 Å². The molecule has 0 spiro atoms. The molecule has 90 valence electrons. The fourth-order valence-electron chi connectivity index (χ4n) is 1.02. The fourth-order valence-corrected chi connectivity index (χ4v) is 2.72. The Bertz CT molecular complexity index is 383. The molecule has 0 radical (unpaired) electrons. The van der Waals surface area contributed by atoms with E-state index in [2.05, 4.69) is 9.24 Å². The topological polar surface area (TPSA) is 9.23 Å². The molecule has 0 saturated carbocycles. The Balaban J connectivity index is 3.28. The zero-order valence-corrected chi connectivity index (χ0v) is 14.3. The van der Waals surface area contributed by atoms with Crippen molar-refractivity contribution in [3.63, 3.8) is 0 Å². The molecular formula is C10H11F2I2OP. The van der Waals surface area contributed by atoms with Crippen molar-refractivity contribution in [1.29, 1.82) is 0 Å². The molecule has 0 N–H and O–H groups in total. The van der Waals surface area contributed by atoms with Gasteiger partial charge in [-0.15, -0.1) is 9.24 Å². The van der Waals surface area contributed by atoms with Crippen LogP contribution in [0, 0.1) is 18.8 Å². The minimum absolute atomic E-state index is 0.0167. The Kier molecular flexibility index (Phi) is 5.64. The summed E-state index contributed by atoms with van der Waals surface area (Å²) in [6.45, 7) is 3.76. The van der Waals surface area contributed by atoms with E-state index in [0.717, 1.165) is 6.42 Å². The second-order valence-corrected chi connectivity index (χ2v) is 6.07. The fraction of sp³-hybridized carbons (Fsp3) is 0.400. The average molecular weight is 470 g/mol. The Labute approximate surface area is 123 Å². The Morgan fingerprint density at radius 3 is 2.31 bits per heavy atom. The first kappa shape index (κ1) is 14.8. The van der Waals surface area contributed by atoms with E-state index < -0.39 is 11.6 Å². The van der Waals surface area contributed by atoms with Crippen LogP contribution in [0.25, 0.3) is 0 Å². The van der Waals surface area contributed by atoms with Gasteiger partial charge in [-0.2, -0.15) is 0 Å². The molecule has 0 aliphatic carbocycles. The molecule has 1 aromatic rings. The molecule has 0 bridgehead atoms. The molecule has 0 aliphatic rings. The highest BCUT2D eigenvalue weighted by Gasteiger charge is 2.22. The van der Waals surface area contributed by atoms with E-state index in [-0.39, 0.29) is 24.3 Å². The standard InChI is InChI=1S/C10H11F2I2OP/c1-3-4(2)15-9-5(11)8(14)10(16)6(12)7(9)13/h4H,3,16H2,1-2H3. The lowest BCUT2D eigenvalue weighted by molar-refractivity contribution is 0.204. The summed E-state index contributed by atoms with van der Waals surface area (Å²) < 4.78 is 33.4. The first-order valence-electron chi connectivity index (χ1n) is 4.68. The van der Waals surface area contributed by atoms with Crippen molar-refractivity contribution in [1.82, 2.24) is 0 Å². The Hall–Kier alpha value is 0.770. The summed E-state index contributed by atoms with van der Waals surface area (Å²) in [5.74, 6) is -0.908. The third-order valence-electron chi connectivity index (χ3n) is 2.15. The number of halogens is 4. The minimum Gasteiger partial charge on any atom is -0.486 e. The lowest BCUT2D eigenvalue weighted by Crippen LogP contribution is -2.17. The third-order valence-corrected chi connectivity index (χ3v) is 5.30. The van der Waals surface area contributed by atoms with Crippen LogP contribution >= 0.6 is 54.4 Å². The van der Waals surface area contributed by atoms with Crippen molar-refractivity contribution in [2.24, 2.45) is 0 Å². The molecular weight excluding hydrogens is 459 g/mol. The molecule has 2 unspecified atom stereocenters. The molecule has 0 aliphatic heterocycles. The SMILES string of the molecule is CCC(C)Oc1c(F)c(I)c(P)c(F)c1I. The summed E-state index contributed by atoms with van der Waals surface area (Å²) in [6.07, 6.45) is 0.615. The van der Waals surface area contributed by atoms with Gasteiger partial charge in [-0.05, 0) is 58.5 Å². The molecule has 2 atom stereocenters. The highest BCUT2D eigenvalue weighted by atomic mass is 127. The first-order valence-corrected chi connectivity index (χ1v) is 7.41. The van der Waals surface area contributed by atoms with Crippen LogP contribution in [0.3, 0.4) is 0 Å². The lowest BCUT2D eigenvalue weighted by atomic mass is 10.3. The predicted octanol–water partition coefficient (Wildman–Crippen LogP) is 3.85. The summed E-state index contributed by atoms with van der Waals surface area (Å²) in [5, 5.41) is 0.249. The molecule has 1 nitrogen and oxygen atoms in total. The number of benzene rings is 1. The molecule has 0 amide bonds. The normalized spacial score (nSPS) is 12.7. The van der Waals surface area contributed by atoms with Crippen molar-refractivity contribution < 1.29 is 13.5 Å². The molecule has 1 aromatic carbocycles. The quantitative estimate of drug-likeness (QED) is 0.371. The van der Waals surface area contributed by atoms with Gasteiger partial charge < -0.3 is 4.74 Å². The maximum atomic E-state index is 13.9.